The monoisotopic (exact) mass is 492 g/mol. The standard InChI is InChI=1S/C26H52O8/c1-2-3-4-5-6-7-8-9-10-11-12-13-15-30-17-19-32-21-22-33-20-18-31-16-14-26(29)34-24-25(28)23-27/h25,27-28H,2-24H2,1H3. The van der Waals surface area contributed by atoms with Crippen molar-refractivity contribution in [1.82, 2.24) is 0 Å². The van der Waals surface area contributed by atoms with Crippen molar-refractivity contribution in [2.75, 3.05) is 66.1 Å². The minimum atomic E-state index is -1.04. The van der Waals surface area contributed by atoms with Gasteiger partial charge in [0.05, 0.1) is 59.3 Å². The Morgan fingerprint density at radius 2 is 1.03 bits per heavy atom. The van der Waals surface area contributed by atoms with Crippen LogP contribution in [0.25, 0.3) is 0 Å². The highest BCUT2D eigenvalue weighted by Crippen LogP contribution is 2.11. The van der Waals surface area contributed by atoms with E-state index in [1.165, 1.54) is 70.6 Å². The van der Waals surface area contributed by atoms with Crippen molar-refractivity contribution < 1.29 is 38.7 Å². The predicted octanol–water partition coefficient (Wildman–Crippen LogP) is 4.04. The first-order valence-corrected chi connectivity index (χ1v) is 13.5. The Balaban J connectivity index is 3.09. The molecule has 0 aromatic carbocycles. The molecule has 1 atom stereocenters. The summed E-state index contributed by atoms with van der Waals surface area (Å²) in [6, 6.07) is 0. The molecule has 0 spiro atoms. The quantitative estimate of drug-likeness (QED) is 0.125. The maximum absolute atomic E-state index is 11.3. The second-order valence-corrected chi connectivity index (χ2v) is 8.61. The highest BCUT2D eigenvalue weighted by molar-refractivity contribution is 5.69. The molecule has 0 aliphatic heterocycles. The summed E-state index contributed by atoms with van der Waals surface area (Å²) >= 11 is 0. The molecule has 8 nitrogen and oxygen atoms in total. The van der Waals surface area contributed by atoms with Gasteiger partial charge in [0.25, 0.3) is 0 Å². The van der Waals surface area contributed by atoms with Gasteiger partial charge in [0.15, 0.2) is 0 Å². The number of aliphatic hydroxyl groups is 2. The van der Waals surface area contributed by atoms with Gasteiger partial charge in [0, 0.05) is 6.61 Å². The van der Waals surface area contributed by atoms with Crippen LogP contribution in [0.2, 0.25) is 0 Å². The number of esters is 1. The maximum Gasteiger partial charge on any atom is 0.308 e. The zero-order chi connectivity index (χ0) is 25.0. The molecule has 8 heteroatoms. The van der Waals surface area contributed by atoms with Gasteiger partial charge in [-0.15, -0.1) is 0 Å². The van der Waals surface area contributed by atoms with E-state index in [1.54, 1.807) is 0 Å². The van der Waals surface area contributed by atoms with Crippen LogP contribution in [0, 0.1) is 0 Å². The number of hydrogen-bond acceptors (Lipinski definition) is 8. The molecule has 0 fully saturated rings. The van der Waals surface area contributed by atoms with Crippen LogP contribution in [0.1, 0.15) is 90.4 Å². The minimum Gasteiger partial charge on any atom is -0.463 e. The van der Waals surface area contributed by atoms with Crippen molar-refractivity contribution in [3.8, 4) is 0 Å². The third kappa shape index (κ3) is 27.5. The van der Waals surface area contributed by atoms with Crippen molar-refractivity contribution in [3.05, 3.63) is 0 Å². The Bertz CT molecular complexity index is 408. The number of hydrogen-bond donors (Lipinski definition) is 2. The largest absolute Gasteiger partial charge is 0.463 e. The van der Waals surface area contributed by atoms with Crippen LogP contribution in [-0.4, -0.2) is 88.4 Å². The summed E-state index contributed by atoms with van der Waals surface area (Å²) in [6.45, 7) is 5.67. The van der Waals surface area contributed by atoms with E-state index in [-0.39, 0.29) is 19.6 Å². The molecule has 0 bridgehead atoms. The number of carbonyl (C=O) groups is 1. The Labute approximate surface area is 207 Å². The Kier molecular flexibility index (Phi) is 27.8. The fraction of sp³-hybridized carbons (Fsp3) is 0.962. The summed E-state index contributed by atoms with van der Waals surface area (Å²) in [5.41, 5.74) is 0. The first-order valence-electron chi connectivity index (χ1n) is 13.5. The molecule has 0 rings (SSSR count). The van der Waals surface area contributed by atoms with E-state index in [0.29, 0.717) is 39.6 Å². The highest BCUT2D eigenvalue weighted by atomic mass is 16.6. The summed E-state index contributed by atoms with van der Waals surface area (Å²) < 4.78 is 26.5. The van der Waals surface area contributed by atoms with Crippen LogP contribution >= 0.6 is 0 Å². The summed E-state index contributed by atoms with van der Waals surface area (Å²) in [7, 11) is 0. The van der Waals surface area contributed by atoms with Crippen molar-refractivity contribution in [2.24, 2.45) is 0 Å². The molecule has 0 aliphatic carbocycles. The van der Waals surface area contributed by atoms with Gasteiger partial charge in [0.1, 0.15) is 12.7 Å². The fourth-order valence-electron chi connectivity index (χ4n) is 3.28. The first-order chi connectivity index (χ1) is 16.7. The SMILES string of the molecule is CCCCCCCCCCCCCCOCCOCCOCCOCCC(=O)OCC(O)CO. The summed E-state index contributed by atoms with van der Waals surface area (Å²) in [5, 5.41) is 17.7. The van der Waals surface area contributed by atoms with Gasteiger partial charge in [-0.3, -0.25) is 4.79 Å². The average Bonchev–Trinajstić information content (AvgIpc) is 2.85. The number of ether oxygens (including phenoxy) is 5. The molecule has 0 radical (unpaired) electrons. The van der Waals surface area contributed by atoms with Gasteiger partial charge in [-0.05, 0) is 6.42 Å². The van der Waals surface area contributed by atoms with Crippen LogP contribution in [-0.2, 0) is 28.5 Å². The molecule has 0 heterocycles. The van der Waals surface area contributed by atoms with Gasteiger partial charge in [0.2, 0.25) is 0 Å². The fourth-order valence-corrected chi connectivity index (χ4v) is 3.28. The number of rotatable bonds is 28. The van der Waals surface area contributed by atoms with Crippen LogP contribution < -0.4 is 0 Å². The molecule has 0 saturated heterocycles. The van der Waals surface area contributed by atoms with Gasteiger partial charge in [-0.25, -0.2) is 0 Å². The summed E-state index contributed by atoms with van der Waals surface area (Å²) in [4.78, 5) is 11.3. The molecule has 0 aromatic heterocycles. The van der Waals surface area contributed by atoms with Crippen molar-refractivity contribution in [2.45, 2.75) is 96.5 Å². The molecule has 204 valence electrons. The lowest BCUT2D eigenvalue weighted by atomic mass is 10.1. The van der Waals surface area contributed by atoms with E-state index in [0.717, 1.165) is 13.0 Å². The third-order valence-corrected chi connectivity index (χ3v) is 5.36. The topological polar surface area (TPSA) is 104 Å². The number of unbranched alkanes of at least 4 members (excludes halogenated alkanes) is 11. The van der Waals surface area contributed by atoms with Crippen LogP contribution in [0.15, 0.2) is 0 Å². The predicted molar refractivity (Wildman–Crippen MR) is 133 cm³/mol. The van der Waals surface area contributed by atoms with E-state index in [1.807, 2.05) is 0 Å². The number of aliphatic hydroxyl groups excluding tert-OH is 2. The highest BCUT2D eigenvalue weighted by Gasteiger charge is 2.07. The van der Waals surface area contributed by atoms with E-state index >= 15 is 0 Å². The lowest BCUT2D eigenvalue weighted by Gasteiger charge is -2.09. The van der Waals surface area contributed by atoms with E-state index in [4.69, 9.17) is 33.9 Å². The first kappa shape index (κ1) is 33.2. The van der Waals surface area contributed by atoms with Crippen molar-refractivity contribution >= 4 is 5.97 Å². The number of carbonyl (C=O) groups excluding carboxylic acids is 1. The summed E-state index contributed by atoms with van der Waals surface area (Å²) in [5.74, 6) is -0.470. The normalized spacial score (nSPS) is 12.2. The zero-order valence-electron chi connectivity index (χ0n) is 21.7. The van der Waals surface area contributed by atoms with Crippen molar-refractivity contribution in [3.63, 3.8) is 0 Å². The van der Waals surface area contributed by atoms with Crippen LogP contribution in [0.3, 0.4) is 0 Å². The van der Waals surface area contributed by atoms with E-state index in [2.05, 4.69) is 6.92 Å². The van der Waals surface area contributed by atoms with Gasteiger partial charge >= 0.3 is 5.97 Å². The van der Waals surface area contributed by atoms with Gasteiger partial charge < -0.3 is 33.9 Å². The second-order valence-electron chi connectivity index (χ2n) is 8.61. The molecule has 2 N–H and O–H groups in total. The molecule has 1 unspecified atom stereocenters. The smallest absolute Gasteiger partial charge is 0.308 e. The summed E-state index contributed by atoms with van der Waals surface area (Å²) in [6.07, 6.45) is 15.3. The minimum absolute atomic E-state index is 0.0977. The second kappa shape index (κ2) is 28.5. The Morgan fingerprint density at radius 1 is 0.618 bits per heavy atom. The molecular formula is C26H52O8. The average molecular weight is 493 g/mol. The zero-order valence-corrected chi connectivity index (χ0v) is 21.7. The molecule has 0 aromatic rings. The van der Waals surface area contributed by atoms with E-state index in [9.17, 15) is 4.79 Å². The maximum atomic E-state index is 11.3. The molecule has 0 aliphatic rings. The van der Waals surface area contributed by atoms with Gasteiger partial charge in [-0.1, -0.05) is 77.6 Å². The van der Waals surface area contributed by atoms with Crippen LogP contribution in [0.5, 0.6) is 0 Å². The molecule has 34 heavy (non-hydrogen) atoms. The Morgan fingerprint density at radius 3 is 1.50 bits per heavy atom. The third-order valence-electron chi connectivity index (χ3n) is 5.36. The molecule has 0 saturated carbocycles. The molecular weight excluding hydrogens is 440 g/mol. The lowest BCUT2D eigenvalue weighted by Crippen LogP contribution is -2.22. The van der Waals surface area contributed by atoms with Crippen LogP contribution in [0.4, 0.5) is 0 Å². The lowest BCUT2D eigenvalue weighted by molar-refractivity contribution is -0.148. The van der Waals surface area contributed by atoms with Gasteiger partial charge in [-0.2, -0.15) is 0 Å². The molecule has 0 amide bonds. The van der Waals surface area contributed by atoms with E-state index < -0.39 is 18.7 Å². The van der Waals surface area contributed by atoms with Crippen molar-refractivity contribution in [1.29, 1.82) is 0 Å². The Hall–Kier alpha value is -0.770.